The zero-order chi connectivity index (χ0) is 9.97. The van der Waals surface area contributed by atoms with Crippen LogP contribution in [0, 0.1) is 11.8 Å². The maximum atomic E-state index is 5.79. The van der Waals surface area contributed by atoms with Gasteiger partial charge in [0.25, 0.3) is 0 Å². The Morgan fingerprint density at radius 1 is 1.21 bits per heavy atom. The van der Waals surface area contributed by atoms with Crippen molar-refractivity contribution < 1.29 is 0 Å². The predicted octanol–water partition coefficient (Wildman–Crippen LogP) is 1.89. The van der Waals surface area contributed by atoms with Gasteiger partial charge in [-0.15, -0.1) is 0 Å². The van der Waals surface area contributed by atoms with Gasteiger partial charge in [-0.3, -0.25) is 0 Å². The molecule has 2 heteroatoms. The molecule has 0 aromatic carbocycles. The Morgan fingerprint density at radius 2 is 2.07 bits per heavy atom. The minimum absolute atomic E-state index is 0.732. The van der Waals surface area contributed by atoms with Crippen LogP contribution in [0.4, 0.5) is 0 Å². The van der Waals surface area contributed by atoms with Gasteiger partial charge in [0.05, 0.1) is 0 Å². The number of nitrogens with two attached hydrogens (primary N) is 1. The zero-order valence-electron chi connectivity index (χ0n) is 9.34. The van der Waals surface area contributed by atoms with E-state index in [4.69, 9.17) is 5.73 Å². The molecule has 82 valence electrons. The van der Waals surface area contributed by atoms with Crippen LogP contribution in [-0.2, 0) is 0 Å². The van der Waals surface area contributed by atoms with Gasteiger partial charge in [0.2, 0.25) is 0 Å². The fourth-order valence-electron chi connectivity index (χ4n) is 3.20. The smallest absolute Gasteiger partial charge is 0.0110 e. The highest BCUT2D eigenvalue weighted by atomic mass is 15.0. The second kappa shape index (κ2) is 4.63. The summed E-state index contributed by atoms with van der Waals surface area (Å²) >= 11 is 0. The standard InChI is InChI=1S/C12H24N2/c1-9-5-6-11(7-9)14-12-4-2-3-10(12)8-13/h9-12,14H,2-8,13H2,1H3. The minimum atomic E-state index is 0.732. The van der Waals surface area contributed by atoms with Gasteiger partial charge in [0, 0.05) is 12.1 Å². The van der Waals surface area contributed by atoms with Gasteiger partial charge in [-0.25, -0.2) is 0 Å². The van der Waals surface area contributed by atoms with Crippen LogP contribution < -0.4 is 11.1 Å². The molecule has 0 radical (unpaired) electrons. The van der Waals surface area contributed by atoms with E-state index < -0.39 is 0 Å². The molecule has 2 rings (SSSR count). The molecule has 3 N–H and O–H groups in total. The second-order valence-corrected chi connectivity index (χ2v) is 5.31. The molecule has 2 aliphatic carbocycles. The van der Waals surface area contributed by atoms with Crippen molar-refractivity contribution in [1.82, 2.24) is 5.32 Å². The largest absolute Gasteiger partial charge is 0.330 e. The molecule has 0 bridgehead atoms. The first-order valence-electron chi connectivity index (χ1n) is 6.25. The van der Waals surface area contributed by atoms with E-state index in [9.17, 15) is 0 Å². The zero-order valence-corrected chi connectivity index (χ0v) is 9.34. The molecule has 0 spiro atoms. The molecule has 0 heterocycles. The normalized spacial score (nSPS) is 43.3. The van der Waals surface area contributed by atoms with Crippen LogP contribution in [0.2, 0.25) is 0 Å². The lowest BCUT2D eigenvalue weighted by molar-refractivity contribution is 0.356. The van der Waals surface area contributed by atoms with Crippen molar-refractivity contribution in [1.29, 1.82) is 0 Å². The molecule has 4 unspecified atom stereocenters. The average Bonchev–Trinajstić information content (AvgIpc) is 2.76. The molecule has 0 amide bonds. The quantitative estimate of drug-likeness (QED) is 0.723. The molecule has 2 nitrogen and oxygen atoms in total. The van der Waals surface area contributed by atoms with Gasteiger partial charge in [-0.2, -0.15) is 0 Å². The molecule has 0 aromatic rings. The third-order valence-corrected chi connectivity index (χ3v) is 4.11. The third-order valence-electron chi connectivity index (χ3n) is 4.11. The lowest BCUT2D eigenvalue weighted by Crippen LogP contribution is -2.41. The van der Waals surface area contributed by atoms with Gasteiger partial charge in [-0.1, -0.05) is 13.3 Å². The molecule has 4 atom stereocenters. The Balaban J connectivity index is 1.79. The monoisotopic (exact) mass is 196 g/mol. The summed E-state index contributed by atoms with van der Waals surface area (Å²) in [6.45, 7) is 3.25. The van der Waals surface area contributed by atoms with E-state index in [1.165, 1.54) is 38.5 Å². The van der Waals surface area contributed by atoms with Crippen LogP contribution in [0.3, 0.4) is 0 Å². The average molecular weight is 196 g/mol. The highest BCUT2D eigenvalue weighted by Crippen LogP contribution is 2.29. The fourth-order valence-corrected chi connectivity index (χ4v) is 3.20. The lowest BCUT2D eigenvalue weighted by atomic mass is 10.0. The van der Waals surface area contributed by atoms with Gasteiger partial charge < -0.3 is 11.1 Å². The molecule has 2 saturated carbocycles. The molecule has 2 fully saturated rings. The Morgan fingerprint density at radius 3 is 2.71 bits per heavy atom. The summed E-state index contributed by atoms with van der Waals surface area (Å²) < 4.78 is 0. The number of hydrogen-bond acceptors (Lipinski definition) is 2. The van der Waals surface area contributed by atoms with Crippen LogP contribution in [0.1, 0.15) is 45.4 Å². The van der Waals surface area contributed by atoms with Crippen LogP contribution in [0.25, 0.3) is 0 Å². The van der Waals surface area contributed by atoms with Crippen LogP contribution >= 0.6 is 0 Å². The summed E-state index contributed by atoms with van der Waals surface area (Å²) in [6, 6.07) is 1.53. The maximum absolute atomic E-state index is 5.79. The Bertz CT molecular complexity index is 181. The van der Waals surface area contributed by atoms with Crippen molar-refractivity contribution in [2.45, 2.75) is 57.5 Å². The first kappa shape index (κ1) is 10.4. The van der Waals surface area contributed by atoms with Crippen molar-refractivity contribution in [3.05, 3.63) is 0 Å². The van der Waals surface area contributed by atoms with Gasteiger partial charge >= 0.3 is 0 Å². The summed E-state index contributed by atoms with van der Waals surface area (Å²) in [5.41, 5.74) is 5.79. The highest BCUT2D eigenvalue weighted by Gasteiger charge is 2.30. The van der Waals surface area contributed by atoms with Crippen LogP contribution in [-0.4, -0.2) is 18.6 Å². The second-order valence-electron chi connectivity index (χ2n) is 5.31. The lowest BCUT2D eigenvalue weighted by Gasteiger charge is -2.23. The Kier molecular flexibility index (Phi) is 3.45. The van der Waals surface area contributed by atoms with Crippen LogP contribution in [0.15, 0.2) is 0 Å². The number of rotatable bonds is 3. The molecule has 0 saturated heterocycles. The topological polar surface area (TPSA) is 38.0 Å². The summed E-state index contributed by atoms with van der Waals surface area (Å²) in [5.74, 6) is 1.69. The Labute approximate surface area is 87.6 Å². The van der Waals surface area contributed by atoms with Gasteiger partial charge in [0.15, 0.2) is 0 Å². The summed E-state index contributed by atoms with van der Waals surface area (Å²) in [4.78, 5) is 0. The van der Waals surface area contributed by atoms with Gasteiger partial charge in [-0.05, 0) is 50.5 Å². The van der Waals surface area contributed by atoms with Crippen molar-refractivity contribution in [3.63, 3.8) is 0 Å². The van der Waals surface area contributed by atoms with E-state index in [-0.39, 0.29) is 0 Å². The molecule has 2 aliphatic rings. The van der Waals surface area contributed by atoms with E-state index in [0.717, 1.165) is 30.5 Å². The summed E-state index contributed by atoms with van der Waals surface area (Å²) in [7, 11) is 0. The van der Waals surface area contributed by atoms with Crippen molar-refractivity contribution in [2.24, 2.45) is 17.6 Å². The van der Waals surface area contributed by atoms with E-state index in [1.54, 1.807) is 0 Å². The summed E-state index contributed by atoms with van der Waals surface area (Å²) in [6.07, 6.45) is 8.26. The first-order valence-corrected chi connectivity index (χ1v) is 6.25. The number of nitrogens with one attached hydrogen (secondary N) is 1. The molecular formula is C12H24N2. The van der Waals surface area contributed by atoms with E-state index in [0.29, 0.717) is 0 Å². The first-order chi connectivity index (χ1) is 6.79. The van der Waals surface area contributed by atoms with Gasteiger partial charge in [0.1, 0.15) is 0 Å². The Hall–Kier alpha value is -0.0800. The van der Waals surface area contributed by atoms with Crippen molar-refractivity contribution in [2.75, 3.05) is 6.54 Å². The summed E-state index contributed by atoms with van der Waals surface area (Å²) in [5, 5.41) is 3.83. The molecular weight excluding hydrogens is 172 g/mol. The predicted molar refractivity (Wildman–Crippen MR) is 60.1 cm³/mol. The maximum Gasteiger partial charge on any atom is 0.0110 e. The van der Waals surface area contributed by atoms with E-state index in [1.807, 2.05) is 0 Å². The SMILES string of the molecule is CC1CCC(NC2CCCC2CN)C1. The van der Waals surface area contributed by atoms with E-state index >= 15 is 0 Å². The van der Waals surface area contributed by atoms with E-state index in [2.05, 4.69) is 12.2 Å². The fraction of sp³-hybridized carbons (Fsp3) is 1.00. The molecule has 0 aromatic heterocycles. The van der Waals surface area contributed by atoms with Crippen molar-refractivity contribution >= 4 is 0 Å². The third kappa shape index (κ3) is 2.29. The highest BCUT2D eigenvalue weighted by molar-refractivity contribution is 4.88. The number of hydrogen-bond donors (Lipinski definition) is 2. The van der Waals surface area contributed by atoms with Crippen LogP contribution in [0.5, 0.6) is 0 Å². The molecule has 14 heavy (non-hydrogen) atoms. The molecule has 0 aliphatic heterocycles. The minimum Gasteiger partial charge on any atom is -0.330 e. The van der Waals surface area contributed by atoms with Crippen molar-refractivity contribution in [3.8, 4) is 0 Å².